The van der Waals surface area contributed by atoms with Crippen LogP contribution in [0.15, 0.2) is 30.3 Å². The van der Waals surface area contributed by atoms with Crippen LogP contribution < -0.4 is 5.73 Å². The molecule has 1 spiro atoms. The van der Waals surface area contributed by atoms with E-state index in [1.165, 1.54) is 5.56 Å². The quantitative estimate of drug-likeness (QED) is 0.909. The topological polar surface area (TPSA) is 44.5 Å². The molecule has 0 atom stereocenters. The lowest BCUT2D eigenvalue weighted by Gasteiger charge is -2.44. The van der Waals surface area contributed by atoms with Crippen LogP contribution in [0.25, 0.3) is 0 Å². The van der Waals surface area contributed by atoms with Crippen molar-refractivity contribution in [2.24, 2.45) is 5.73 Å². The Hall–Kier alpha value is -0.900. The van der Waals surface area contributed by atoms with Gasteiger partial charge in [-0.15, -0.1) is 0 Å². The Morgan fingerprint density at radius 1 is 0.947 bits per heavy atom. The van der Waals surface area contributed by atoms with Gasteiger partial charge in [0.25, 0.3) is 0 Å². The van der Waals surface area contributed by atoms with E-state index in [2.05, 4.69) is 30.3 Å². The van der Waals surface area contributed by atoms with E-state index in [0.717, 1.165) is 51.9 Å². The monoisotopic (exact) mass is 261 g/mol. The fraction of sp³-hybridized carbons (Fsp3) is 0.625. The zero-order chi connectivity index (χ0) is 13.2. The van der Waals surface area contributed by atoms with Gasteiger partial charge in [-0.3, -0.25) is 0 Å². The molecule has 3 heteroatoms. The molecule has 2 aliphatic rings. The van der Waals surface area contributed by atoms with Gasteiger partial charge in [-0.25, -0.2) is 0 Å². The van der Waals surface area contributed by atoms with Crippen LogP contribution in [0.4, 0.5) is 0 Å². The third-order valence-electron chi connectivity index (χ3n) is 4.79. The van der Waals surface area contributed by atoms with Crippen LogP contribution in [0.3, 0.4) is 0 Å². The van der Waals surface area contributed by atoms with Crippen molar-refractivity contribution >= 4 is 0 Å². The maximum absolute atomic E-state index is 5.86. The molecule has 0 aromatic heterocycles. The lowest BCUT2D eigenvalue weighted by atomic mass is 9.66. The number of benzene rings is 1. The molecule has 1 saturated heterocycles. The number of hydrogen-bond donors (Lipinski definition) is 1. The Labute approximate surface area is 115 Å². The summed E-state index contributed by atoms with van der Waals surface area (Å²) >= 11 is 0. The summed E-state index contributed by atoms with van der Waals surface area (Å²) in [6.07, 6.45) is 5.24. The van der Waals surface area contributed by atoms with Crippen LogP contribution in [-0.4, -0.2) is 25.5 Å². The second-order valence-electron chi connectivity index (χ2n) is 5.79. The molecule has 0 unspecified atom stereocenters. The first-order valence-corrected chi connectivity index (χ1v) is 7.32. The fourth-order valence-corrected chi connectivity index (χ4v) is 3.65. The molecule has 104 valence electrons. The molecule has 1 aliphatic carbocycles. The standard InChI is InChI=1S/C16H23NO2/c17-11-10-15(14-4-2-1-3-5-14)6-8-16(9-7-15)18-12-13-19-16/h1-5H,6-13,17H2. The molecule has 2 fully saturated rings. The van der Waals surface area contributed by atoms with Crippen LogP contribution in [0.2, 0.25) is 0 Å². The molecule has 0 radical (unpaired) electrons. The molecule has 1 aliphatic heterocycles. The zero-order valence-electron chi connectivity index (χ0n) is 11.4. The van der Waals surface area contributed by atoms with Crippen molar-refractivity contribution in [3.8, 4) is 0 Å². The normalized spacial score (nSPS) is 24.7. The average molecular weight is 261 g/mol. The highest BCUT2D eigenvalue weighted by atomic mass is 16.7. The van der Waals surface area contributed by atoms with E-state index >= 15 is 0 Å². The van der Waals surface area contributed by atoms with Crippen molar-refractivity contribution in [2.75, 3.05) is 19.8 Å². The molecule has 1 heterocycles. The zero-order valence-corrected chi connectivity index (χ0v) is 11.4. The van der Waals surface area contributed by atoms with E-state index in [4.69, 9.17) is 15.2 Å². The van der Waals surface area contributed by atoms with Crippen molar-refractivity contribution in [3.63, 3.8) is 0 Å². The van der Waals surface area contributed by atoms with Gasteiger partial charge in [0.2, 0.25) is 0 Å². The largest absolute Gasteiger partial charge is 0.348 e. The predicted octanol–water partition coefficient (Wildman–Crippen LogP) is 2.59. The lowest BCUT2D eigenvalue weighted by Crippen LogP contribution is -2.43. The van der Waals surface area contributed by atoms with Crippen LogP contribution in [0.1, 0.15) is 37.7 Å². The van der Waals surface area contributed by atoms with Gasteiger partial charge < -0.3 is 15.2 Å². The minimum atomic E-state index is -0.285. The van der Waals surface area contributed by atoms with Crippen LogP contribution in [0, 0.1) is 0 Å². The summed E-state index contributed by atoms with van der Waals surface area (Å²) in [6.45, 7) is 2.23. The van der Waals surface area contributed by atoms with Gasteiger partial charge in [0.15, 0.2) is 5.79 Å². The average Bonchev–Trinajstić information content (AvgIpc) is 2.92. The Morgan fingerprint density at radius 3 is 2.16 bits per heavy atom. The summed E-state index contributed by atoms with van der Waals surface area (Å²) in [4.78, 5) is 0. The van der Waals surface area contributed by atoms with Gasteiger partial charge >= 0.3 is 0 Å². The first-order chi connectivity index (χ1) is 9.29. The van der Waals surface area contributed by atoms with Gasteiger partial charge in [-0.2, -0.15) is 0 Å². The van der Waals surface area contributed by atoms with E-state index in [1.807, 2.05) is 0 Å². The Balaban J connectivity index is 1.80. The summed E-state index contributed by atoms with van der Waals surface area (Å²) < 4.78 is 11.7. The van der Waals surface area contributed by atoms with Crippen molar-refractivity contribution in [1.29, 1.82) is 0 Å². The highest BCUT2D eigenvalue weighted by Gasteiger charge is 2.46. The number of rotatable bonds is 3. The third-order valence-corrected chi connectivity index (χ3v) is 4.79. The van der Waals surface area contributed by atoms with Crippen molar-refractivity contribution in [1.82, 2.24) is 0 Å². The summed E-state index contributed by atoms with van der Waals surface area (Å²) in [6, 6.07) is 10.8. The minimum absolute atomic E-state index is 0.219. The van der Waals surface area contributed by atoms with Crippen molar-refractivity contribution < 1.29 is 9.47 Å². The molecule has 3 nitrogen and oxygen atoms in total. The maximum atomic E-state index is 5.86. The minimum Gasteiger partial charge on any atom is -0.348 e. The van der Waals surface area contributed by atoms with Crippen LogP contribution in [-0.2, 0) is 14.9 Å². The molecule has 0 bridgehead atoms. The van der Waals surface area contributed by atoms with Crippen LogP contribution in [0.5, 0.6) is 0 Å². The third kappa shape index (κ3) is 2.42. The number of hydrogen-bond acceptors (Lipinski definition) is 3. The number of nitrogens with two attached hydrogens (primary N) is 1. The molecular formula is C16H23NO2. The van der Waals surface area contributed by atoms with Crippen molar-refractivity contribution in [3.05, 3.63) is 35.9 Å². The Morgan fingerprint density at radius 2 is 1.58 bits per heavy atom. The highest BCUT2D eigenvalue weighted by molar-refractivity contribution is 5.26. The first kappa shape index (κ1) is 13.1. The molecule has 19 heavy (non-hydrogen) atoms. The molecule has 3 rings (SSSR count). The SMILES string of the molecule is NCCC1(c2ccccc2)CCC2(CC1)OCCO2. The summed E-state index contributed by atoms with van der Waals surface area (Å²) in [7, 11) is 0. The van der Waals surface area contributed by atoms with Gasteiger partial charge in [0.1, 0.15) is 0 Å². The highest BCUT2D eigenvalue weighted by Crippen LogP contribution is 2.47. The molecular weight excluding hydrogens is 238 g/mol. The van der Waals surface area contributed by atoms with Crippen LogP contribution >= 0.6 is 0 Å². The summed E-state index contributed by atoms with van der Waals surface area (Å²) in [5.41, 5.74) is 7.51. The van der Waals surface area contributed by atoms with Gasteiger partial charge in [0.05, 0.1) is 13.2 Å². The molecule has 0 amide bonds. The molecule has 1 aromatic carbocycles. The Kier molecular flexibility index (Phi) is 3.61. The van der Waals surface area contributed by atoms with Crippen molar-refractivity contribution in [2.45, 2.75) is 43.3 Å². The van der Waals surface area contributed by atoms with E-state index in [-0.39, 0.29) is 11.2 Å². The molecule has 1 saturated carbocycles. The smallest absolute Gasteiger partial charge is 0.168 e. The molecule has 2 N–H and O–H groups in total. The fourth-order valence-electron chi connectivity index (χ4n) is 3.65. The van der Waals surface area contributed by atoms with E-state index in [0.29, 0.717) is 0 Å². The van der Waals surface area contributed by atoms with E-state index in [9.17, 15) is 0 Å². The van der Waals surface area contributed by atoms with Gasteiger partial charge in [-0.1, -0.05) is 30.3 Å². The maximum Gasteiger partial charge on any atom is 0.168 e. The molecule has 1 aromatic rings. The summed E-state index contributed by atoms with van der Waals surface area (Å²) in [5, 5.41) is 0. The van der Waals surface area contributed by atoms with E-state index in [1.54, 1.807) is 0 Å². The second-order valence-corrected chi connectivity index (χ2v) is 5.79. The van der Waals surface area contributed by atoms with Gasteiger partial charge in [-0.05, 0) is 36.8 Å². The van der Waals surface area contributed by atoms with Gasteiger partial charge in [0, 0.05) is 12.8 Å². The Bertz CT molecular complexity index is 402. The second kappa shape index (κ2) is 5.23. The number of ether oxygens (including phenoxy) is 2. The first-order valence-electron chi connectivity index (χ1n) is 7.32. The predicted molar refractivity (Wildman–Crippen MR) is 74.9 cm³/mol. The summed E-state index contributed by atoms with van der Waals surface area (Å²) in [5.74, 6) is -0.285. The lowest BCUT2D eigenvalue weighted by molar-refractivity contribution is -0.185. The van der Waals surface area contributed by atoms with E-state index < -0.39 is 0 Å².